The van der Waals surface area contributed by atoms with Gasteiger partial charge in [-0.15, -0.1) is 10.2 Å². The molecule has 0 atom stereocenters. The van der Waals surface area contributed by atoms with Gasteiger partial charge in [0, 0.05) is 23.5 Å². The van der Waals surface area contributed by atoms with Crippen molar-refractivity contribution >= 4 is 18.2 Å². The number of hydrazone groups is 2. The summed E-state index contributed by atoms with van der Waals surface area (Å²) in [5.41, 5.74) is 10.1. The molecular weight excluding hydrogens is 234 g/mol. The number of nitrogens with two attached hydrogens (primary N) is 2. The molecule has 0 aliphatic rings. The van der Waals surface area contributed by atoms with Crippen molar-refractivity contribution in [3.05, 3.63) is 23.8 Å². The second-order valence-electron chi connectivity index (χ2n) is 3.29. The van der Waals surface area contributed by atoms with E-state index in [4.69, 9.17) is 11.6 Å². The third-order valence-corrected chi connectivity index (χ3v) is 2.20. The van der Waals surface area contributed by atoms with Gasteiger partial charge in [-0.25, -0.2) is 0 Å². The third-order valence-electron chi connectivity index (χ3n) is 2.20. The maximum absolute atomic E-state index is 5.74. The van der Waals surface area contributed by atoms with Gasteiger partial charge in [0.25, 0.3) is 0 Å². The van der Waals surface area contributed by atoms with Crippen molar-refractivity contribution in [2.45, 2.75) is 0 Å². The summed E-state index contributed by atoms with van der Waals surface area (Å²) in [6.45, 7) is 3.31. The van der Waals surface area contributed by atoms with Crippen LogP contribution in [-0.4, -0.2) is 33.2 Å². The van der Waals surface area contributed by atoms with Crippen molar-refractivity contribution in [3.63, 3.8) is 0 Å². The number of amidine groups is 1. The molecule has 0 unspecified atom stereocenters. The molecule has 0 aliphatic carbocycles. The number of benzene rings is 1. The zero-order chi connectivity index (χ0) is 13.0. The normalized spacial score (nSPS) is 11.2. The van der Waals surface area contributed by atoms with Crippen molar-refractivity contribution in [1.82, 2.24) is 26.0 Å². The minimum absolute atomic E-state index is 0.303. The number of aromatic amines is 1. The topological polar surface area (TPSA) is 143 Å². The average molecular weight is 245 g/mol. The summed E-state index contributed by atoms with van der Waals surface area (Å²) >= 11 is 0. The van der Waals surface area contributed by atoms with Crippen LogP contribution in [0.25, 0.3) is 11.4 Å². The van der Waals surface area contributed by atoms with Gasteiger partial charge in [0.2, 0.25) is 5.82 Å². The number of anilines is 1. The van der Waals surface area contributed by atoms with Crippen LogP contribution >= 0.6 is 0 Å². The number of tetrazole rings is 1. The van der Waals surface area contributed by atoms with E-state index in [2.05, 4.69) is 43.0 Å². The van der Waals surface area contributed by atoms with E-state index in [1.807, 2.05) is 0 Å². The standard InChI is InChI=1S/C9H11N9/c1-12-14-8(13-11)7-4-5(10)2-3-6(7)9-15-17-18-16-9/h2-4H,1,10-11H2,(H,13,14)(H,15,16,17,18). The molecule has 0 radical (unpaired) electrons. The summed E-state index contributed by atoms with van der Waals surface area (Å²) in [7, 11) is 0. The molecule has 18 heavy (non-hydrogen) atoms. The number of rotatable bonds is 3. The summed E-state index contributed by atoms with van der Waals surface area (Å²) in [5, 5.41) is 20.8. The lowest BCUT2D eigenvalue weighted by atomic mass is 10.1. The van der Waals surface area contributed by atoms with Crippen LogP contribution in [0.4, 0.5) is 5.69 Å². The highest BCUT2D eigenvalue weighted by atomic mass is 15.5. The highest BCUT2D eigenvalue weighted by Gasteiger charge is 2.14. The Morgan fingerprint density at radius 1 is 1.44 bits per heavy atom. The number of nitrogen functional groups attached to an aromatic ring is 1. The van der Waals surface area contributed by atoms with Crippen molar-refractivity contribution in [2.75, 3.05) is 5.73 Å². The molecule has 92 valence electrons. The van der Waals surface area contributed by atoms with E-state index >= 15 is 0 Å². The molecular formula is C9H11N9. The van der Waals surface area contributed by atoms with Gasteiger partial charge in [-0.1, -0.05) is 0 Å². The van der Waals surface area contributed by atoms with Crippen LogP contribution in [0.15, 0.2) is 28.4 Å². The van der Waals surface area contributed by atoms with Crippen LogP contribution in [0, 0.1) is 0 Å². The Bertz CT molecular complexity index is 572. The van der Waals surface area contributed by atoms with E-state index < -0.39 is 0 Å². The van der Waals surface area contributed by atoms with Crippen LogP contribution in [0.2, 0.25) is 0 Å². The van der Waals surface area contributed by atoms with E-state index in [9.17, 15) is 0 Å². The van der Waals surface area contributed by atoms with E-state index in [-0.39, 0.29) is 0 Å². The van der Waals surface area contributed by atoms with Crippen molar-refractivity contribution in [3.8, 4) is 11.4 Å². The number of nitrogens with zero attached hydrogens (tertiary/aromatic N) is 5. The molecule has 1 aromatic heterocycles. The number of H-pyrrole nitrogens is 1. The van der Waals surface area contributed by atoms with E-state index in [0.717, 1.165) is 0 Å². The average Bonchev–Trinajstić information content (AvgIpc) is 2.89. The van der Waals surface area contributed by atoms with Gasteiger partial charge in [0.05, 0.1) is 0 Å². The first-order valence-corrected chi connectivity index (χ1v) is 4.89. The maximum atomic E-state index is 5.74. The molecule has 9 nitrogen and oxygen atoms in total. The van der Waals surface area contributed by atoms with Gasteiger partial charge in [0.15, 0.2) is 5.84 Å². The zero-order valence-corrected chi connectivity index (χ0v) is 9.33. The fourth-order valence-electron chi connectivity index (χ4n) is 1.46. The van der Waals surface area contributed by atoms with Crippen molar-refractivity contribution in [2.24, 2.45) is 16.0 Å². The number of aromatic nitrogens is 4. The predicted octanol–water partition coefficient (Wildman–Crippen LogP) is -0.726. The summed E-state index contributed by atoms with van der Waals surface area (Å²) in [4.78, 5) is 0. The number of nitrogens with one attached hydrogen (secondary N) is 2. The summed E-state index contributed by atoms with van der Waals surface area (Å²) < 4.78 is 0. The lowest BCUT2D eigenvalue weighted by Gasteiger charge is -2.09. The third kappa shape index (κ3) is 2.09. The predicted molar refractivity (Wildman–Crippen MR) is 67.4 cm³/mol. The molecule has 0 saturated carbocycles. The highest BCUT2D eigenvalue weighted by molar-refractivity contribution is 6.04. The SMILES string of the molecule is C=NNC(=NN)c1cc(N)ccc1-c1nn[nH]n1. The van der Waals surface area contributed by atoms with Crippen LogP contribution in [-0.2, 0) is 0 Å². The summed E-state index contributed by atoms with van der Waals surface area (Å²) in [5.74, 6) is 6.00. The quantitative estimate of drug-likeness (QED) is 0.184. The fourth-order valence-corrected chi connectivity index (χ4v) is 1.46. The first-order chi connectivity index (χ1) is 8.76. The first kappa shape index (κ1) is 11.5. The Balaban J connectivity index is 2.57. The Morgan fingerprint density at radius 2 is 2.28 bits per heavy atom. The van der Waals surface area contributed by atoms with Gasteiger partial charge in [-0.05, 0) is 23.4 Å². The minimum atomic E-state index is 0.303. The van der Waals surface area contributed by atoms with Gasteiger partial charge in [-0.3, -0.25) is 5.43 Å². The molecule has 0 amide bonds. The molecule has 9 heteroatoms. The molecule has 0 bridgehead atoms. The fraction of sp³-hybridized carbons (Fsp3) is 0. The van der Waals surface area contributed by atoms with Crippen LogP contribution in [0.3, 0.4) is 0 Å². The lowest BCUT2D eigenvalue weighted by Crippen LogP contribution is -2.21. The molecule has 0 fully saturated rings. The van der Waals surface area contributed by atoms with Gasteiger partial charge in [-0.2, -0.15) is 15.4 Å². The number of hydrogen-bond acceptors (Lipinski definition) is 7. The Morgan fingerprint density at radius 3 is 2.89 bits per heavy atom. The maximum Gasteiger partial charge on any atom is 0.205 e. The molecule has 1 aromatic carbocycles. The van der Waals surface area contributed by atoms with Crippen molar-refractivity contribution < 1.29 is 0 Å². The Labute approximate surface area is 102 Å². The summed E-state index contributed by atoms with van der Waals surface area (Å²) in [6.07, 6.45) is 0. The second kappa shape index (κ2) is 4.91. The molecule has 0 saturated heterocycles. The zero-order valence-electron chi connectivity index (χ0n) is 9.33. The molecule has 2 aromatic rings. The van der Waals surface area contributed by atoms with Crippen LogP contribution < -0.4 is 17.0 Å². The highest BCUT2D eigenvalue weighted by Crippen LogP contribution is 2.22. The van der Waals surface area contributed by atoms with E-state index in [1.165, 1.54) is 0 Å². The molecule has 2 rings (SSSR count). The van der Waals surface area contributed by atoms with E-state index in [1.54, 1.807) is 18.2 Å². The minimum Gasteiger partial charge on any atom is -0.399 e. The van der Waals surface area contributed by atoms with Crippen LogP contribution in [0.5, 0.6) is 0 Å². The van der Waals surface area contributed by atoms with Gasteiger partial charge < -0.3 is 11.6 Å². The smallest absolute Gasteiger partial charge is 0.205 e. The monoisotopic (exact) mass is 245 g/mol. The molecule has 0 spiro atoms. The number of hydrogen-bond donors (Lipinski definition) is 4. The van der Waals surface area contributed by atoms with Crippen molar-refractivity contribution in [1.29, 1.82) is 0 Å². The Kier molecular flexibility index (Phi) is 3.14. The molecule has 0 aliphatic heterocycles. The molecule has 1 heterocycles. The largest absolute Gasteiger partial charge is 0.399 e. The van der Waals surface area contributed by atoms with Crippen LogP contribution in [0.1, 0.15) is 5.56 Å². The van der Waals surface area contributed by atoms with E-state index in [0.29, 0.717) is 28.5 Å². The summed E-state index contributed by atoms with van der Waals surface area (Å²) in [6, 6.07) is 5.13. The molecule has 6 N–H and O–H groups in total. The van der Waals surface area contributed by atoms with Gasteiger partial charge >= 0.3 is 0 Å². The first-order valence-electron chi connectivity index (χ1n) is 4.89. The lowest BCUT2D eigenvalue weighted by molar-refractivity contribution is 0.881. The second-order valence-corrected chi connectivity index (χ2v) is 3.29. The Hall–Kier alpha value is -2.97. The van der Waals surface area contributed by atoms with Gasteiger partial charge in [0.1, 0.15) is 0 Å².